The Morgan fingerprint density at radius 1 is 1.30 bits per heavy atom. The van der Waals surface area contributed by atoms with Crippen molar-refractivity contribution in [2.24, 2.45) is 12.9 Å². The lowest BCUT2D eigenvalue weighted by Crippen LogP contribution is -2.29. The van der Waals surface area contributed by atoms with E-state index in [1.165, 1.54) is 6.07 Å². The first kappa shape index (κ1) is 14.5. The molecule has 1 aromatic carbocycles. The number of halogens is 3. The summed E-state index contributed by atoms with van der Waals surface area (Å²) in [4.78, 5) is 0. The summed E-state index contributed by atoms with van der Waals surface area (Å²) in [6.45, 7) is 0. The van der Waals surface area contributed by atoms with Gasteiger partial charge in [-0.3, -0.25) is 16.0 Å². The predicted molar refractivity (Wildman–Crippen MR) is 67.9 cm³/mol. The van der Waals surface area contributed by atoms with Crippen LogP contribution < -0.4 is 11.3 Å². The molecule has 0 saturated heterocycles. The molecule has 1 aromatic heterocycles. The third-order valence-corrected chi connectivity index (χ3v) is 3.12. The summed E-state index contributed by atoms with van der Waals surface area (Å²) in [5, 5.41) is 4.02. The molecule has 0 bridgehead atoms. The molecule has 0 aliphatic carbocycles. The molecular weight excluding hydrogens is 269 g/mol. The Kier molecular flexibility index (Phi) is 4.41. The molecule has 0 aliphatic rings. The molecule has 0 saturated carbocycles. The number of benzene rings is 1. The Bertz CT molecular complexity index is 597. The molecular formula is C13H15F3N4. The van der Waals surface area contributed by atoms with Crippen LogP contribution in [0.4, 0.5) is 13.2 Å². The Morgan fingerprint density at radius 2 is 2.05 bits per heavy atom. The van der Waals surface area contributed by atoms with Gasteiger partial charge in [0.25, 0.3) is 0 Å². The lowest BCUT2D eigenvalue weighted by atomic mass is 10.00. The lowest BCUT2D eigenvalue weighted by molar-refractivity contribution is 0.419. The topological polar surface area (TPSA) is 55.9 Å². The largest absolute Gasteiger partial charge is 0.276 e. The summed E-state index contributed by atoms with van der Waals surface area (Å²) in [6, 6.07) is 1.48. The fourth-order valence-electron chi connectivity index (χ4n) is 2.05. The summed E-state index contributed by atoms with van der Waals surface area (Å²) < 4.78 is 41.5. The third kappa shape index (κ3) is 3.00. The highest BCUT2D eigenvalue weighted by Crippen LogP contribution is 2.24. The molecule has 0 aliphatic heterocycles. The van der Waals surface area contributed by atoms with Crippen LogP contribution in [0, 0.1) is 17.5 Å². The summed E-state index contributed by atoms with van der Waals surface area (Å²) in [5.74, 6) is 1.47. The van der Waals surface area contributed by atoms with Crippen molar-refractivity contribution in [3.63, 3.8) is 0 Å². The fraction of sp³-hybridized carbons (Fsp3) is 0.308. The Labute approximate surface area is 114 Å². The molecule has 1 unspecified atom stereocenters. The standard InChI is InChI=1S/C13H15F3N4/c1-20-7-8(6-18-20)2-5-11(19-17)9-3-4-10(14)13(16)12(9)15/h3-4,6-7,11,19H,2,5,17H2,1H3. The normalized spacial score (nSPS) is 12.7. The summed E-state index contributed by atoms with van der Waals surface area (Å²) in [7, 11) is 1.79. The lowest BCUT2D eigenvalue weighted by Gasteiger charge is -2.17. The van der Waals surface area contributed by atoms with Gasteiger partial charge in [0, 0.05) is 24.8 Å². The highest BCUT2D eigenvalue weighted by atomic mass is 19.2. The van der Waals surface area contributed by atoms with Crippen molar-refractivity contribution >= 4 is 0 Å². The van der Waals surface area contributed by atoms with E-state index in [-0.39, 0.29) is 5.56 Å². The van der Waals surface area contributed by atoms with Crippen LogP contribution >= 0.6 is 0 Å². The van der Waals surface area contributed by atoms with Gasteiger partial charge in [-0.25, -0.2) is 13.2 Å². The van der Waals surface area contributed by atoms with Gasteiger partial charge in [0.05, 0.1) is 6.20 Å². The molecule has 0 amide bonds. The molecule has 7 heteroatoms. The predicted octanol–water partition coefficient (Wildman–Crippen LogP) is 1.97. The van der Waals surface area contributed by atoms with Gasteiger partial charge in [0.2, 0.25) is 0 Å². The maximum atomic E-state index is 13.7. The van der Waals surface area contributed by atoms with E-state index in [2.05, 4.69) is 10.5 Å². The number of aryl methyl sites for hydroxylation is 2. The van der Waals surface area contributed by atoms with Crippen molar-refractivity contribution in [2.45, 2.75) is 18.9 Å². The second kappa shape index (κ2) is 6.06. The zero-order chi connectivity index (χ0) is 14.7. The smallest absolute Gasteiger partial charge is 0.194 e. The number of nitrogens with zero attached hydrogens (tertiary/aromatic N) is 2. The first-order chi connectivity index (χ1) is 9.52. The van der Waals surface area contributed by atoms with Crippen molar-refractivity contribution in [3.05, 3.63) is 53.1 Å². The number of rotatable bonds is 5. The molecule has 108 valence electrons. The molecule has 2 aromatic rings. The third-order valence-electron chi connectivity index (χ3n) is 3.12. The highest BCUT2D eigenvalue weighted by Gasteiger charge is 2.20. The van der Waals surface area contributed by atoms with Crippen molar-refractivity contribution in [2.75, 3.05) is 0 Å². The minimum absolute atomic E-state index is 0.00953. The molecule has 0 radical (unpaired) electrons. The van der Waals surface area contributed by atoms with Gasteiger partial charge < -0.3 is 0 Å². The van der Waals surface area contributed by atoms with Gasteiger partial charge in [-0.2, -0.15) is 5.10 Å². The molecule has 1 heterocycles. The number of nitrogens with one attached hydrogen (secondary N) is 1. The fourth-order valence-corrected chi connectivity index (χ4v) is 2.05. The average Bonchev–Trinajstić information content (AvgIpc) is 2.84. The average molecular weight is 284 g/mol. The Hall–Kier alpha value is -1.86. The molecule has 3 N–H and O–H groups in total. The number of hydrazine groups is 1. The Balaban J connectivity index is 2.14. The van der Waals surface area contributed by atoms with Gasteiger partial charge in [0.1, 0.15) is 0 Å². The maximum absolute atomic E-state index is 13.7. The van der Waals surface area contributed by atoms with Crippen LogP contribution in [0.3, 0.4) is 0 Å². The van der Waals surface area contributed by atoms with Crippen molar-refractivity contribution in [1.82, 2.24) is 15.2 Å². The zero-order valence-electron chi connectivity index (χ0n) is 10.9. The monoisotopic (exact) mass is 284 g/mol. The van der Waals surface area contributed by atoms with E-state index in [1.807, 2.05) is 6.20 Å². The van der Waals surface area contributed by atoms with Gasteiger partial charge >= 0.3 is 0 Å². The number of nitrogens with two attached hydrogens (primary N) is 1. The van der Waals surface area contributed by atoms with Gasteiger partial charge in [-0.05, 0) is 24.5 Å². The first-order valence-corrected chi connectivity index (χ1v) is 6.10. The van der Waals surface area contributed by atoms with Crippen LogP contribution in [-0.4, -0.2) is 9.78 Å². The number of aromatic nitrogens is 2. The second-order valence-corrected chi connectivity index (χ2v) is 4.54. The van der Waals surface area contributed by atoms with Crippen LogP contribution in [0.2, 0.25) is 0 Å². The molecule has 0 spiro atoms. The van der Waals surface area contributed by atoms with Gasteiger partial charge in [0.15, 0.2) is 17.5 Å². The highest BCUT2D eigenvalue weighted by molar-refractivity contribution is 5.24. The van der Waals surface area contributed by atoms with Crippen LogP contribution in [0.25, 0.3) is 0 Å². The van der Waals surface area contributed by atoms with Crippen LogP contribution in [0.5, 0.6) is 0 Å². The van der Waals surface area contributed by atoms with E-state index < -0.39 is 23.5 Å². The SMILES string of the molecule is Cn1cc(CCC(NN)c2ccc(F)c(F)c2F)cn1. The van der Waals surface area contributed by atoms with Gasteiger partial charge in [-0.1, -0.05) is 6.07 Å². The van der Waals surface area contributed by atoms with Crippen molar-refractivity contribution < 1.29 is 13.2 Å². The van der Waals surface area contributed by atoms with E-state index in [4.69, 9.17) is 5.84 Å². The second-order valence-electron chi connectivity index (χ2n) is 4.54. The zero-order valence-corrected chi connectivity index (χ0v) is 10.9. The minimum atomic E-state index is -1.48. The Morgan fingerprint density at radius 3 is 2.65 bits per heavy atom. The molecule has 2 rings (SSSR count). The van der Waals surface area contributed by atoms with E-state index in [0.29, 0.717) is 12.8 Å². The molecule has 20 heavy (non-hydrogen) atoms. The van der Waals surface area contributed by atoms with Crippen LogP contribution in [0.1, 0.15) is 23.6 Å². The quantitative estimate of drug-likeness (QED) is 0.501. The van der Waals surface area contributed by atoms with Crippen molar-refractivity contribution in [1.29, 1.82) is 0 Å². The van der Waals surface area contributed by atoms with E-state index in [1.54, 1.807) is 17.9 Å². The van der Waals surface area contributed by atoms with E-state index in [0.717, 1.165) is 11.6 Å². The van der Waals surface area contributed by atoms with Crippen LogP contribution in [0.15, 0.2) is 24.5 Å². The van der Waals surface area contributed by atoms with Crippen LogP contribution in [-0.2, 0) is 13.5 Å². The number of hydrogen-bond donors (Lipinski definition) is 2. The molecule has 0 fully saturated rings. The first-order valence-electron chi connectivity index (χ1n) is 6.10. The van der Waals surface area contributed by atoms with Crippen molar-refractivity contribution in [3.8, 4) is 0 Å². The van der Waals surface area contributed by atoms with Gasteiger partial charge in [-0.15, -0.1) is 0 Å². The van der Waals surface area contributed by atoms with E-state index in [9.17, 15) is 13.2 Å². The van der Waals surface area contributed by atoms with E-state index >= 15 is 0 Å². The summed E-state index contributed by atoms with van der Waals surface area (Å²) >= 11 is 0. The minimum Gasteiger partial charge on any atom is -0.276 e. The maximum Gasteiger partial charge on any atom is 0.194 e. The summed E-state index contributed by atoms with van der Waals surface area (Å²) in [5.41, 5.74) is 3.39. The molecule has 1 atom stereocenters. The number of hydrogen-bond acceptors (Lipinski definition) is 3. The molecule has 4 nitrogen and oxygen atoms in total. The summed E-state index contributed by atoms with van der Waals surface area (Å²) in [6.07, 6.45) is 4.54.